The molecule has 1 saturated heterocycles. The zero-order chi connectivity index (χ0) is 15.9. The van der Waals surface area contributed by atoms with Gasteiger partial charge in [0.05, 0.1) is 6.54 Å². The molecule has 2 rings (SSSR count). The van der Waals surface area contributed by atoms with E-state index in [0.717, 1.165) is 12.0 Å². The van der Waals surface area contributed by atoms with Crippen molar-refractivity contribution in [2.75, 3.05) is 26.7 Å². The Hall–Kier alpha value is -2.37. The van der Waals surface area contributed by atoms with Gasteiger partial charge >= 0.3 is 5.97 Å². The molecule has 0 spiro atoms. The average Bonchev–Trinajstić information content (AvgIpc) is 2.91. The Morgan fingerprint density at radius 3 is 2.64 bits per heavy atom. The lowest BCUT2D eigenvalue weighted by Crippen LogP contribution is -2.41. The number of hydrogen-bond acceptors (Lipinski definition) is 4. The molecule has 2 amide bonds. The number of ether oxygens (including phenoxy) is 1. The van der Waals surface area contributed by atoms with Crippen molar-refractivity contribution in [1.29, 1.82) is 0 Å². The lowest BCUT2D eigenvalue weighted by atomic mass is 10.2. The van der Waals surface area contributed by atoms with Gasteiger partial charge in [0.2, 0.25) is 11.8 Å². The second-order valence-corrected chi connectivity index (χ2v) is 5.31. The van der Waals surface area contributed by atoms with Crippen molar-refractivity contribution in [3.8, 4) is 0 Å². The summed E-state index contributed by atoms with van der Waals surface area (Å²) in [7, 11) is 1.53. The van der Waals surface area contributed by atoms with Crippen molar-refractivity contribution < 1.29 is 19.1 Å². The number of likely N-dealkylation sites (tertiary alicyclic amines) is 1. The van der Waals surface area contributed by atoms with E-state index in [1.165, 1.54) is 16.8 Å². The first-order valence-corrected chi connectivity index (χ1v) is 7.27. The van der Waals surface area contributed by atoms with Gasteiger partial charge in [-0.05, 0) is 12.0 Å². The van der Waals surface area contributed by atoms with Crippen molar-refractivity contribution in [2.45, 2.75) is 19.4 Å². The van der Waals surface area contributed by atoms with Crippen LogP contribution < -0.4 is 0 Å². The second kappa shape index (κ2) is 7.59. The first-order chi connectivity index (χ1) is 10.6. The maximum Gasteiger partial charge on any atom is 0.325 e. The van der Waals surface area contributed by atoms with E-state index in [-0.39, 0.29) is 31.5 Å². The van der Waals surface area contributed by atoms with E-state index < -0.39 is 5.97 Å². The molecule has 1 aliphatic heterocycles. The number of likely N-dealkylation sites (N-methyl/N-ethyl adjacent to an activating group) is 1. The number of hydrogen-bond donors (Lipinski definition) is 0. The summed E-state index contributed by atoms with van der Waals surface area (Å²) in [6, 6.07) is 9.34. The van der Waals surface area contributed by atoms with Gasteiger partial charge in [0.1, 0.15) is 13.2 Å². The SMILES string of the molecule is CN(CC(=O)OCc1ccccc1)C(=O)CN1CCCC1=O. The van der Waals surface area contributed by atoms with Crippen molar-refractivity contribution >= 4 is 17.8 Å². The molecule has 0 aliphatic carbocycles. The van der Waals surface area contributed by atoms with Crippen LogP contribution in [0.15, 0.2) is 30.3 Å². The Morgan fingerprint density at radius 1 is 1.27 bits per heavy atom. The number of nitrogens with zero attached hydrogens (tertiary/aromatic N) is 2. The quantitative estimate of drug-likeness (QED) is 0.730. The highest BCUT2D eigenvalue weighted by Gasteiger charge is 2.24. The molecule has 1 aliphatic rings. The number of amides is 2. The van der Waals surface area contributed by atoms with Crippen LogP contribution in [0.1, 0.15) is 18.4 Å². The zero-order valence-corrected chi connectivity index (χ0v) is 12.7. The molecule has 0 aromatic heterocycles. The van der Waals surface area contributed by atoms with Crippen molar-refractivity contribution in [3.05, 3.63) is 35.9 Å². The maximum absolute atomic E-state index is 12.0. The fourth-order valence-corrected chi connectivity index (χ4v) is 2.22. The molecule has 22 heavy (non-hydrogen) atoms. The summed E-state index contributed by atoms with van der Waals surface area (Å²) in [5.41, 5.74) is 0.896. The zero-order valence-electron chi connectivity index (χ0n) is 12.7. The predicted octanol–water partition coefficient (Wildman–Crippen LogP) is 0.811. The van der Waals surface area contributed by atoms with Crippen LogP contribution in [-0.4, -0.2) is 54.3 Å². The van der Waals surface area contributed by atoms with Crippen molar-refractivity contribution in [2.24, 2.45) is 0 Å². The second-order valence-electron chi connectivity index (χ2n) is 5.31. The highest BCUT2D eigenvalue weighted by molar-refractivity contribution is 5.87. The Bertz CT molecular complexity index is 544. The first kappa shape index (κ1) is 16.0. The van der Waals surface area contributed by atoms with Crippen LogP contribution in [0, 0.1) is 0 Å². The number of carbonyl (C=O) groups is 3. The molecule has 6 nitrogen and oxygen atoms in total. The van der Waals surface area contributed by atoms with Gasteiger partial charge in [-0.1, -0.05) is 30.3 Å². The standard InChI is InChI=1S/C16H20N2O4/c1-17(15(20)10-18-9-5-8-14(18)19)11-16(21)22-12-13-6-3-2-4-7-13/h2-4,6-7H,5,8-12H2,1H3. The minimum absolute atomic E-state index is 0.00611. The number of rotatable bonds is 6. The molecule has 1 fully saturated rings. The van der Waals surface area contributed by atoms with Crippen molar-refractivity contribution in [1.82, 2.24) is 9.80 Å². The van der Waals surface area contributed by atoms with E-state index in [1.54, 1.807) is 0 Å². The van der Waals surface area contributed by atoms with Crippen LogP contribution in [-0.2, 0) is 25.7 Å². The Labute approximate surface area is 129 Å². The largest absolute Gasteiger partial charge is 0.459 e. The Morgan fingerprint density at radius 2 is 2.00 bits per heavy atom. The van der Waals surface area contributed by atoms with Gasteiger partial charge in [-0.15, -0.1) is 0 Å². The molecule has 0 radical (unpaired) electrons. The predicted molar refractivity (Wildman–Crippen MR) is 79.7 cm³/mol. The normalized spacial score (nSPS) is 14.0. The van der Waals surface area contributed by atoms with Crippen LogP contribution in [0.2, 0.25) is 0 Å². The van der Waals surface area contributed by atoms with Crippen molar-refractivity contribution in [3.63, 3.8) is 0 Å². The van der Waals surface area contributed by atoms with Crippen LogP contribution in [0.25, 0.3) is 0 Å². The Kier molecular flexibility index (Phi) is 5.52. The van der Waals surface area contributed by atoms with E-state index >= 15 is 0 Å². The van der Waals surface area contributed by atoms with Gasteiger partial charge < -0.3 is 14.5 Å². The fourth-order valence-electron chi connectivity index (χ4n) is 2.22. The molecule has 0 bridgehead atoms. The van der Waals surface area contributed by atoms with Gasteiger partial charge in [-0.3, -0.25) is 14.4 Å². The van der Waals surface area contributed by atoms with Gasteiger partial charge in [-0.25, -0.2) is 0 Å². The molecule has 1 heterocycles. The average molecular weight is 304 g/mol. The molecule has 0 unspecified atom stereocenters. The van der Waals surface area contributed by atoms with Crippen LogP contribution in [0.5, 0.6) is 0 Å². The molecular weight excluding hydrogens is 284 g/mol. The Balaban J connectivity index is 1.73. The number of benzene rings is 1. The molecule has 0 atom stereocenters. The third kappa shape index (κ3) is 4.58. The molecule has 0 saturated carbocycles. The van der Waals surface area contributed by atoms with Crippen LogP contribution >= 0.6 is 0 Å². The summed E-state index contributed by atoms with van der Waals surface area (Å²) in [5.74, 6) is -0.729. The maximum atomic E-state index is 12.0. The summed E-state index contributed by atoms with van der Waals surface area (Å²) >= 11 is 0. The van der Waals surface area contributed by atoms with Gasteiger partial charge in [0, 0.05) is 20.0 Å². The number of carbonyl (C=O) groups excluding carboxylic acids is 3. The van der Waals surface area contributed by atoms with Crippen LogP contribution in [0.4, 0.5) is 0 Å². The summed E-state index contributed by atoms with van der Waals surface area (Å²) < 4.78 is 5.13. The summed E-state index contributed by atoms with van der Waals surface area (Å²) in [5, 5.41) is 0. The molecular formula is C16H20N2O4. The lowest BCUT2D eigenvalue weighted by molar-refractivity contribution is -0.150. The number of esters is 1. The molecule has 1 aromatic carbocycles. The van der Waals surface area contributed by atoms with E-state index in [9.17, 15) is 14.4 Å². The molecule has 118 valence electrons. The molecule has 0 N–H and O–H groups in total. The first-order valence-electron chi connectivity index (χ1n) is 7.27. The summed E-state index contributed by atoms with van der Waals surface area (Å²) in [4.78, 5) is 38.0. The monoisotopic (exact) mass is 304 g/mol. The van der Waals surface area contributed by atoms with Gasteiger partial charge in [-0.2, -0.15) is 0 Å². The minimum Gasteiger partial charge on any atom is -0.459 e. The molecule has 6 heteroatoms. The minimum atomic E-state index is -0.465. The third-order valence-corrected chi connectivity index (χ3v) is 3.53. The van der Waals surface area contributed by atoms with E-state index in [0.29, 0.717) is 13.0 Å². The highest BCUT2D eigenvalue weighted by atomic mass is 16.5. The van der Waals surface area contributed by atoms with E-state index in [1.807, 2.05) is 30.3 Å². The van der Waals surface area contributed by atoms with Crippen LogP contribution in [0.3, 0.4) is 0 Å². The topological polar surface area (TPSA) is 66.9 Å². The third-order valence-electron chi connectivity index (χ3n) is 3.53. The summed E-state index contributed by atoms with van der Waals surface area (Å²) in [6.45, 7) is 0.707. The van der Waals surface area contributed by atoms with Gasteiger partial charge in [0.25, 0.3) is 0 Å². The highest BCUT2D eigenvalue weighted by Crippen LogP contribution is 2.09. The smallest absolute Gasteiger partial charge is 0.325 e. The van der Waals surface area contributed by atoms with Gasteiger partial charge in [0.15, 0.2) is 0 Å². The lowest BCUT2D eigenvalue weighted by Gasteiger charge is -2.20. The summed E-state index contributed by atoms with van der Waals surface area (Å²) in [6.07, 6.45) is 1.28. The molecule has 1 aromatic rings. The van der Waals surface area contributed by atoms with E-state index in [4.69, 9.17) is 4.74 Å². The fraction of sp³-hybridized carbons (Fsp3) is 0.438. The van der Waals surface area contributed by atoms with E-state index in [2.05, 4.69) is 0 Å².